The van der Waals surface area contributed by atoms with Crippen LogP contribution in [0.15, 0.2) is 24.3 Å². The Morgan fingerprint density at radius 2 is 1.77 bits per heavy atom. The van der Waals surface area contributed by atoms with Crippen molar-refractivity contribution in [2.75, 3.05) is 11.9 Å². The first kappa shape index (κ1) is 17.7. The van der Waals surface area contributed by atoms with E-state index in [1.165, 1.54) is 0 Å². The van der Waals surface area contributed by atoms with E-state index in [4.69, 9.17) is 5.26 Å². The van der Waals surface area contributed by atoms with Crippen LogP contribution >= 0.6 is 0 Å². The van der Waals surface area contributed by atoms with Crippen molar-refractivity contribution in [2.24, 2.45) is 11.3 Å². The standard InChI is InChI=1S/C17H23N3O2/c1-12(2)9-10-19-15(21)17(3,4)16(22)20-14-7-5-13(11-18)6-8-14/h5-8,12H,9-10H2,1-4H3,(H,19,21)(H,20,22). The molecule has 5 heteroatoms. The first-order valence-electron chi connectivity index (χ1n) is 7.37. The van der Waals surface area contributed by atoms with E-state index in [-0.39, 0.29) is 11.8 Å². The summed E-state index contributed by atoms with van der Waals surface area (Å²) in [5, 5.41) is 14.2. The molecule has 1 aromatic rings. The maximum absolute atomic E-state index is 12.3. The molecule has 1 rings (SSSR count). The van der Waals surface area contributed by atoms with Crippen LogP contribution in [-0.4, -0.2) is 18.4 Å². The number of hydrogen-bond donors (Lipinski definition) is 2. The fourth-order valence-corrected chi connectivity index (χ4v) is 1.71. The van der Waals surface area contributed by atoms with Crippen LogP contribution < -0.4 is 10.6 Å². The average molecular weight is 301 g/mol. The highest BCUT2D eigenvalue weighted by Gasteiger charge is 2.35. The molecule has 5 nitrogen and oxygen atoms in total. The Kier molecular flexibility index (Phi) is 6.11. The summed E-state index contributed by atoms with van der Waals surface area (Å²) in [6.45, 7) is 7.90. The fraction of sp³-hybridized carbons (Fsp3) is 0.471. The number of carbonyl (C=O) groups is 2. The van der Waals surface area contributed by atoms with Gasteiger partial charge in [0.25, 0.3) is 0 Å². The van der Waals surface area contributed by atoms with E-state index in [0.29, 0.717) is 23.7 Å². The minimum Gasteiger partial charge on any atom is -0.355 e. The van der Waals surface area contributed by atoms with Gasteiger partial charge < -0.3 is 10.6 Å². The normalized spacial score (nSPS) is 10.9. The highest BCUT2D eigenvalue weighted by atomic mass is 16.2. The summed E-state index contributed by atoms with van der Waals surface area (Å²) in [5.74, 6) is -0.172. The first-order valence-corrected chi connectivity index (χ1v) is 7.37. The summed E-state index contributed by atoms with van der Waals surface area (Å²) in [6, 6.07) is 8.53. The summed E-state index contributed by atoms with van der Waals surface area (Å²) in [5.41, 5.74) is -0.0824. The molecular formula is C17H23N3O2. The highest BCUT2D eigenvalue weighted by Crippen LogP contribution is 2.19. The molecule has 0 unspecified atom stereocenters. The second-order valence-corrected chi connectivity index (χ2v) is 6.21. The molecule has 0 saturated heterocycles. The van der Waals surface area contributed by atoms with Gasteiger partial charge in [0, 0.05) is 12.2 Å². The zero-order valence-corrected chi connectivity index (χ0v) is 13.6. The number of nitrogens with one attached hydrogen (secondary N) is 2. The van der Waals surface area contributed by atoms with E-state index in [0.717, 1.165) is 6.42 Å². The first-order chi connectivity index (χ1) is 10.3. The van der Waals surface area contributed by atoms with Crippen LogP contribution in [0.4, 0.5) is 5.69 Å². The van der Waals surface area contributed by atoms with Crippen molar-refractivity contribution in [3.8, 4) is 6.07 Å². The van der Waals surface area contributed by atoms with E-state index < -0.39 is 5.41 Å². The summed E-state index contributed by atoms with van der Waals surface area (Å²) >= 11 is 0. The summed E-state index contributed by atoms with van der Waals surface area (Å²) < 4.78 is 0. The topological polar surface area (TPSA) is 82.0 Å². The van der Waals surface area contributed by atoms with Crippen molar-refractivity contribution in [1.29, 1.82) is 5.26 Å². The van der Waals surface area contributed by atoms with Crippen molar-refractivity contribution in [1.82, 2.24) is 5.32 Å². The lowest BCUT2D eigenvalue weighted by Crippen LogP contribution is -2.45. The molecule has 1 aromatic carbocycles. The third-order valence-corrected chi connectivity index (χ3v) is 3.41. The molecule has 118 valence electrons. The monoisotopic (exact) mass is 301 g/mol. The predicted octanol–water partition coefficient (Wildman–Crippen LogP) is 2.69. The Bertz CT molecular complexity index is 569. The third-order valence-electron chi connectivity index (χ3n) is 3.41. The molecule has 0 spiro atoms. The Morgan fingerprint density at radius 3 is 2.27 bits per heavy atom. The van der Waals surface area contributed by atoms with Gasteiger partial charge in [-0.3, -0.25) is 9.59 Å². The Morgan fingerprint density at radius 1 is 1.18 bits per heavy atom. The van der Waals surface area contributed by atoms with E-state index in [2.05, 4.69) is 24.5 Å². The van der Waals surface area contributed by atoms with Crippen LogP contribution in [0.3, 0.4) is 0 Å². The zero-order chi connectivity index (χ0) is 16.8. The number of carbonyl (C=O) groups excluding carboxylic acids is 2. The molecule has 2 amide bonds. The minimum atomic E-state index is -1.16. The predicted molar refractivity (Wildman–Crippen MR) is 86.0 cm³/mol. The average Bonchev–Trinajstić information content (AvgIpc) is 2.47. The van der Waals surface area contributed by atoms with Crippen molar-refractivity contribution in [3.05, 3.63) is 29.8 Å². The van der Waals surface area contributed by atoms with Crippen LogP contribution in [0.2, 0.25) is 0 Å². The molecule has 0 aliphatic carbocycles. The van der Waals surface area contributed by atoms with Crippen molar-refractivity contribution in [2.45, 2.75) is 34.1 Å². The molecule has 0 aliphatic heterocycles. The van der Waals surface area contributed by atoms with Gasteiger partial charge in [0.2, 0.25) is 11.8 Å². The lowest BCUT2D eigenvalue weighted by Gasteiger charge is -2.23. The quantitative estimate of drug-likeness (QED) is 0.792. The Hall–Kier alpha value is -2.35. The van der Waals surface area contributed by atoms with Crippen molar-refractivity contribution in [3.63, 3.8) is 0 Å². The van der Waals surface area contributed by atoms with Crippen LogP contribution in [0.25, 0.3) is 0 Å². The third kappa shape index (κ3) is 4.88. The number of benzene rings is 1. The van der Waals surface area contributed by atoms with Crippen LogP contribution in [0, 0.1) is 22.7 Å². The molecule has 0 atom stereocenters. The summed E-state index contributed by atoms with van der Waals surface area (Å²) in [4.78, 5) is 24.5. The lowest BCUT2D eigenvalue weighted by molar-refractivity contribution is -0.138. The Labute approximate surface area is 131 Å². The molecule has 0 saturated carbocycles. The van der Waals surface area contributed by atoms with E-state index in [9.17, 15) is 9.59 Å². The Balaban J connectivity index is 2.64. The maximum Gasteiger partial charge on any atom is 0.239 e. The van der Waals surface area contributed by atoms with Crippen LogP contribution in [-0.2, 0) is 9.59 Å². The maximum atomic E-state index is 12.3. The van der Waals surface area contributed by atoms with E-state index in [1.807, 2.05) is 6.07 Å². The molecule has 2 N–H and O–H groups in total. The number of amides is 2. The summed E-state index contributed by atoms with van der Waals surface area (Å²) in [6.07, 6.45) is 0.874. The number of anilines is 1. The second kappa shape index (κ2) is 7.60. The van der Waals surface area contributed by atoms with Gasteiger partial charge in [-0.15, -0.1) is 0 Å². The van der Waals surface area contributed by atoms with Crippen LogP contribution in [0.5, 0.6) is 0 Å². The molecule has 0 aromatic heterocycles. The number of nitrogens with zero attached hydrogens (tertiary/aromatic N) is 1. The number of rotatable bonds is 6. The molecule has 0 fully saturated rings. The van der Waals surface area contributed by atoms with E-state index >= 15 is 0 Å². The molecule has 0 radical (unpaired) electrons. The molecule has 0 bridgehead atoms. The number of nitriles is 1. The van der Waals surface area contributed by atoms with Gasteiger partial charge in [-0.25, -0.2) is 0 Å². The highest BCUT2D eigenvalue weighted by molar-refractivity contribution is 6.09. The second-order valence-electron chi connectivity index (χ2n) is 6.21. The van der Waals surface area contributed by atoms with Gasteiger partial charge in [-0.05, 0) is 50.5 Å². The lowest BCUT2D eigenvalue weighted by atomic mass is 9.90. The van der Waals surface area contributed by atoms with E-state index in [1.54, 1.807) is 38.1 Å². The van der Waals surface area contributed by atoms with Gasteiger partial charge in [0.15, 0.2) is 0 Å². The largest absolute Gasteiger partial charge is 0.355 e. The van der Waals surface area contributed by atoms with Gasteiger partial charge in [0.1, 0.15) is 5.41 Å². The van der Waals surface area contributed by atoms with Gasteiger partial charge >= 0.3 is 0 Å². The molecule has 0 aliphatic rings. The number of hydrogen-bond acceptors (Lipinski definition) is 3. The zero-order valence-electron chi connectivity index (χ0n) is 13.6. The van der Waals surface area contributed by atoms with Gasteiger partial charge in [-0.2, -0.15) is 5.26 Å². The minimum absolute atomic E-state index is 0.292. The molecular weight excluding hydrogens is 278 g/mol. The summed E-state index contributed by atoms with van der Waals surface area (Å²) in [7, 11) is 0. The van der Waals surface area contributed by atoms with Crippen LogP contribution in [0.1, 0.15) is 39.7 Å². The van der Waals surface area contributed by atoms with Crippen molar-refractivity contribution < 1.29 is 9.59 Å². The molecule has 22 heavy (non-hydrogen) atoms. The SMILES string of the molecule is CC(C)CCNC(=O)C(C)(C)C(=O)Nc1ccc(C#N)cc1. The smallest absolute Gasteiger partial charge is 0.239 e. The van der Waals surface area contributed by atoms with Crippen molar-refractivity contribution >= 4 is 17.5 Å². The van der Waals surface area contributed by atoms with Gasteiger partial charge in [-0.1, -0.05) is 13.8 Å². The fourth-order valence-electron chi connectivity index (χ4n) is 1.71. The molecule has 0 heterocycles. The van der Waals surface area contributed by atoms with Gasteiger partial charge in [0.05, 0.1) is 11.6 Å².